The van der Waals surface area contributed by atoms with E-state index in [-0.39, 0.29) is 47.5 Å². The van der Waals surface area contributed by atoms with Crippen molar-refractivity contribution in [3.63, 3.8) is 0 Å². The fourth-order valence-corrected chi connectivity index (χ4v) is 3.56. The molecule has 10 heteroatoms. The van der Waals surface area contributed by atoms with E-state index in [4.69, 9.17) is 4.74 Å². The topological polar surface area (TPSA) is 134 Å². The SMILES string of the molecule is CC(C)N1C(=O)c2ccc(C(=O)Nc3cccc(NC(=O)CCNC(=O)OC(C)(C)C)c3)cc2C1=O. The molecule has 0 bridgehead atoms. The average Bonchev–Trinajstić information content (AvgIpc) is 3.02. The molecule has 0 spiro atoms. The standard InChI is InChI=1S/C26H30N4O6/c1-15(2)30-23(33)19-10-9-16(13-20(19)24(30)34)22(32)29-18-8-6-7-17(14-18)28-21(31)11-12-27-25(35)36-26(3,4)5/h6-10,13-15H,11-12H2,1-5H3,(H,27,35)(H,28,31)(H,29,32). The van der Waals surface area contributed by atoms with Gasteiger partial charge >= 0.3 is 6.09 Å². The van der Waals surface area contributed by atoms with Crippen LogP contribution in [-0.4, -0.2) is 52.8 Å². The molecule has 36 heavy (non-hydrogen) atoms. The second-order valence-electron chi connectivity index (χ2n) is 9.60. The number of hydrogen-bond donors (Lipinski definition) is 3. The van der Waals surface area contributed by atoms with Gasteiger partial charge in [0.1, 0.15) is 5.60 Å². The number of anilines is 2. The van der Waals surface area contributed by atoms with Crippen LogP contribution in [0.4, 0.5) is 16.2 Å². The summed E-state index contributed by atoms with van der Waals surface area (Å²) in [6, 6.07) is 10.7. The number of imide groups is 1. The first kappa shape index (κ1) is 26.4. The van der Waals surface area contributed by atoms with E-state index in [1.807, 2.05) is 0 Å². The maximum atomic E-state index is 12.8. The number of fused-ring (bicyclic) bond motifs is 1. The Morgan fingerprint density at radius 2 is 1.56 bits per heavy atom. The zero-order valence-corrected chi connectivity index (χ0v) is 20.9. The summed E-state index contributed by atoms with van der Waals surface area (Å²) < 4.78 is 5.12. The Morgan fingerprint density at radius 3 is 2.19 bits per heavy atom. The van der Waals surface area contributed by atoms with Crippen molar-refractivity contribution in [3.8, 4) is 0 Å². The number of nitrogens with one attached hydrogen (secondary N) is 3. The van der Waals surface area contributed by atoms with Crippen molar-refractivity contribution in [3.05, 3.63) is 59.2 Å². The van der Waals surface area contributed by atoms with Crippen molar-refractivity contribution in [2.75, 3.05) is 17.2 Å². The average molecular weight is 495 g/mol. The number of ether oxygens (including phenoxy) is 1. The van der Waals surface area contributed by atoms with Crippen molar-refractivity contribution < 1.29 is 28.7 Å². The van der Waals surface area contributed by atoms with E-state index >= 15 is 0 Å². The quantitative estimate of drug-likeness (QED) is 0.502. The van der Waals surface area contributed by atoms with E-state index in [1.54, 1.807) is 58.9 Å². The van der Waals surface area contributed by atoms with E-state index in [0.29, 0.717) is 11.4 Å². The van der Waals surface area contributed by atoms with Crippen molar-refractivity contribution in [1.82, 2.24) is 10.2 Å². The lowest BCUT2D eigenvalue weighted by atomic mass is 10.1. The molecule has 1 aliphatic rings. The minimum absolute atomic E-state index is 0.0328. The van der Waals surface area contributed by atoms with Gasteiger partial charge in [-0.05, 0) is 71.0 Å². The highest BCUT2D eigenvalue weighted by molar-refractivity contribution is 6.22. The predicted molar refractivity (Wildman–Crippen MR) is 134 cm³/mol. The summed E-state index contributed by atoms with van der Waals surface area (Å²) in [6.45, 7) is 8.84. The molecule has 3 rings (SSSR count). The molecule has 0 aliphatic carbocycles. The third-order valence-corrected chi connectivity index (χ3v) is 5.12. The van der Waals surface area contributed by atoms with E-state index < -0.39 is 23.5 Å². The van der Waals surface area contributed by atoms with E-state index in [2.05, 4.69) is 16.0 Å². The van der Waals surface area contributed by atoms with E-state index in [1.165, 1.54) is 23.1 Å². The van der Waals surface area contributed by atoms with Gasteiger partial charge in [-0.1, -0.05) is 6.07 Å². The van der Waals surface area contributed by atoms with Crippen LogP contribution in [0.25, 0.3) is 0 Å². The van der Waals surface area contributed by atoms with Gasteiger partial charge in [0.2, 0.25) is 5.91 Å². The van der Waals surface area contributed by atoms with Gasteiger partial charge in [-0.15, -0.1) is 0 Å². The van der Waals surface area contributed by atoms with Gasteiger partial charge in [0, 0.05) is 35.9 Å². The van der Waals surface area contributed by atoms with Gasteiger partial charge < -0.3 is 20.7 Å². The van der Waals surface area contributed by atoms with E-state index in [9.17, 15) is 24.0 Å². The first-order chi connectivity index (χ1) is 16.9. The Kier molecular flexibility index (Phi) is 7.77. The van der Waals surface area contributed by atoms with Crippen LogP contribution >= 0.6 is 0 Å². The number of amides is 5. The summed E-state index contributed by atoms with van der Waals surface area (Å²) in [4.78, 5) is 62.9. The number of alkyl carbamates (subject to hydrolysis) is 1. The Bertz CT molecular complexity index is 1220. The number of rotatable bonds is 7. The van der Waals surface area contributed by atoms with Gasteiger partial charge in [-0.3, -0.25) is 24.1 Å². The normalized spacial score (nSPS) is 12.9. The Morgan fingerprint density at radius 1 is 0.917 bits per heavy atom. The second-order valence-corrected chi connectivity index (χ2v) is 9.60. The van der Waals surface area contributed by atoms with Gasteiger partial charge in [0.15, 0.2) is 0 Å². The lowest BCUT2D eigenvalue weighted by molar-refractivity contribution is -0.116. The Hall–Kier alpha value is -4.21. The van der Waals surface area contributed by atoms with Crippen LogP contribution in [0.5, 0.6) is 0 Å². The maximum absolute atomic E-state index is 12.8. The van der Waals surface area contributed by atoms with Gasteiger partial charge in [-0.25, -0.2) is 4.79 Å². The lowest BCUT2D eigenvalue weighted by Gasteiger charge is -2.19. The Balaban J connectivity index is 1.58. The molecule has 3 N–H and O–H groups in total. The zero-order chi connectivity index (χ0) is 26.6. The first-order valence-corrected chi connectivity index (χ1v) is 11.6. The van der Waals surface area contributed by atoms with Crippen LogP contribution in [0.1, 0.15) is 72.1 Å². The molecule has 0 atom stereocenters. The Labute approximate surface area is 209 Å². The number of carbonyl (C=O) groups excluding carboxylic acids is 5. The van der Waals surface area contributed by atoms with Crippen LogP contribution < -0.4 is 16.0 Å². The van der Waals surface area contributed by atoms with Crippen molar-refractivity contribution in [2.24, 2.45) is 0 Å². The van der Waals surface area contributed by atoms with Crippen LogP contribution in [0, 0.1) is 0 Å². The molecule has 0 saturated heterocycles. The summed E-state index contributed by atoms with van der Waals surface area (Å²) in [5.41, 5.74) is 0.952. The highest BCUT2D eigenvalue weighted by atomic mass is 16.6. The minimum atomic E-state index is -0.627. The molecular weight excluding hydrogens is 464 g/mol. The van der Waals surface area contributed by atoms with Gasteiger partial charge in [0.25, 0.3) is 17.7 Å². The molecule has 1 heterocycles. The fourth-order valence-electron chi connectivity index (χ4n) is 3.56. The van der Waals surface area contributed by atoms with Gasteiger partial charge in [0.05, 0.1) is 11.1 Å². The summed E-state index contributed by atoms with van der Waals surface area (Å²) in [5, 5.41) is 7.95. The van der Waals surface area contributed by atoms with Gasteiger partial charge in [-0.2, -0.15) is 0 Å². The molecule has 0 aromatic heterocycles. The zero-order valence-electron chi connectivity index (χ0n) is 20.9. The smallest absolute Gasteiger partial charge is 0.407 e. The molecule has 10 nitrogen and oxygen atoms in total. The highest BCUT2D eigenvalue weighted by Crippen LogP contribution is 2.26. The molecule has 1 aliphatic heterocycles. The summed E-state index contributed by atoms with van der Waals surface area (Å²) in [6.07, 6.45) is -0.569. The van der Waals surface area contributed by atoms with Crippen molar-refractivity contribution in [1.29, 1.82) is 0 Å². The number of carbonyl (C=O) groups is 5. The second kappa shape index (κ2) is 10.6. The first-order valence-electron chi connectivity index (χ1n) is 11.6. The van der Waals surface area contributed by atoms with E-state index in [0.717, 1.165) is 0 Å². The third-order valence-electron chi connectivity index (χ3n) is 5.12. The van der Waals surface area contributed by atoms with Crippen molar-refractivity contribution in [2.45, 2.75) is 52.7 Å². The number of nitrogens with zero attached hydrogens (tertiary/aromatic N) is 1. The maximum Gasteiger partial charge on any atom is 0.407 e. The molecule has 0 fully saturated rings. The molecule has 5 amide bonds. The molecule has 190 valence electrons. The number of hydrogen-bond acceptors (Lipinski definition) is 6. The van der Waals surface area contributed by atoms with Crippen LogP contribution in [0.3, 0.4) is 0 Å². The van der Waals surface area contributed by atoms with Crippen molar-refractivity contribution >= 4 is 41.1 Å². The molecule has 0 radical (unpaired) electrons. The summed E-state index contributed by atoms with van der Waals surface area (Å²) in [7, 11) is 0. The fraction of sp³-hybridized carbons (Fsp3) is 0.346. The molecular formula is C26H30N4O6. The molecule has 0 saturated carbocycles. The van der Waals surface area contributed by atoms with Crippen LogP contribution in [-0.2, 0) is 9.53 Å². The molecule has 2 aromatic carbocycles. The van der Waals surface area contributed by atoms with Crippen LogP contribution in [0.15, 0.2) is 42.5 Å². The largest absolute Gasteiger partial charge is 0.444 e. The summed E-state index contributed by atoms with van der Waals surface area (Å²) >= 11 is 0. The summed E-state index contributed by atoms with van der Waals surface area (Å²) in [5.74, 6) is -1.59. The molecule has 2 aromatic rings. The minimum Gasteiger partial charge on any atom is -0.444 e. The highest BCUT2D eigenvalue weighted by Gasteiger charge is 2.37. The molecule has 0 unspecified atom stereocenters. The predicted octanol–water partition coefficient (Wildman–Crippen LogP) is 3.80. The monoisotopic (exact) mass is 494 g/mol. The number of benzene rings is 2. The van der Waals surface area contributed by atoms with Crippen LogP contribution in [0.2, 0.25) is 0 Å². The lowest BCUT2D eigenvalue weighted by Crippen LogP contribution is -2.35. The third kappa shape index (κ3) is 6.47.